The number of rotatable bonds is 3. The number of amides is 1. The minimum atomic E-state index is -0.200. The zero-order valence-electron chi connectivity index (χ0n) is 8.50. The molecule has 0 atom stereocenters. The van der Waals surface area contributed by atoms with E-state index in [1.807, 2.05) is 0 Å². The van der Waals surface area contributed by atoms with Crippen molar-refractivity contribution in [3.63, 3.8) is 0 Å². The second-order valence-corrected chi connectivity index (χ2v) is 3.63. The summed E-state index contributed by atoms with van der Waals surface area (Å²) in [6.07, 6.45) is 1.51. The first-order valence-electron chi connectivity index (χ1n) is 4.38. The molecule has 1 heterocycles. The fraction of sp³-hybridized carbons (Fsp3) is 0.300. The molecule has 0 saturated carbocycles. The van der Waals surface area contributed by atoms with E-state index in [0.717, 1.165) is 0 Å². The highest BCUT2D eigenvalue weighted by Gasteiger charge is 2.11. The molecular formula is C10H11BrN2O2. The number of nitrogens with one attached hydrogen (secondary N) is 1. The molecule has 1 N–H and O–H groups in total. The third-order valence-corrected chi connectivity index (χ3v) is 2.43. The number of anilines is 1. The van der Waals surface area contributed by atoms with Crippen LogP contribution in [-0.4, -0.2) is 22.0 Å². The van der Waals surface area contributed by atoms with E-state index in [9.17, 15) is 9.59 Å². The Bertz CT molecular complexity index is 404. The number of Topliss-reactive ketones (excluding diaryl/α,β-unsaturated/α-hetero) is 1. The lowest BCUT2D eigenvalue weighted by Gasteiger charge is -2.08. The summed E-state index contributed by atoms with van der Waals surface area (Å²) in [6, 6.07) is 1.64. The van der Waals surface area contributed by atoms with Crippen molar-refractivity contribution in [3.8, 4) is 0 Å². The van der Waals surface area contributed by atoms with E-state index >= 15 is 0 Å². The minimum Gasteiger partial charge on any atom is -0.311 e. The molecule has 1 amide bonds. The third-order valence-electron chi connectivity index (χ3n) is 1.92. The Hall–Kier alpha value is -1.23. The van der Waals surface area contributed by atoms with Gasteiger partial charge < -0.3 is 5.32 Å². The Morgan fingerprint density at radius 2 is 2.20 bits per heavy atom. The Kier molecular flexibility index (Phi) is 3.96. The smallest absolute Gasteiger partial charge is 0.222 e. The van der Waals surface area contributed by atoms with Gasteiger partial charge in [0.25, 0.3) is 0 Å². The van der Waals surface area contributed by atoms with Crippen molar-refractivity contribution >= 4 is 33.4 Å². The minimum absolute atomic E-state index is 0.0264. The molecule has 80 valence electrons. The maximum Gasteiger partial charge on any atom is 0.222 e. The van der Waals surface area contributed by atoms with Crippen LogP contribution in [0.25, 0.3) is 0 Å². The molecule has 0 fully saturated rings. The number of hydrogen-bond acceptors (Lipinski definition) is 3. The molecule has 15 heavy (non-hydrogen) atoms. The van der Waals surface area contributed by atoms with Crippen LogP contribution in [0.1, 0.15) is 22.8 Å². The number of aromatic nitrogens is 1. The lowest BCUT2D eigenvalue weighted by atomic mass is 10.1. The van der Waals surface area contributed by atoms with E-state index in [-0.39, 0.29) is 17.0 Å². The van der Waals surface area contributed by atoms with Crippen molar-refractivity contribution in [2.75, 3.05) is 10.6 Å². The van der Waals surface area contributed by atoms with Crippen molar-refractivity contribution < 1.29 is 9.59 Å². The Labute approximate surface area is 96.2 Å². The van der Waals surface area contributed by atoms with Crippen LogP contribution in [-0.2, 0) is 4.79 Å². The summed E-state index contributed by atoms with van der Waals surface area (Å²) in [5.41, 5.74) is 1.27. The average molecular weight is 271 g/mol. The van der Waals surface area contributed by atoms with Gasteiger partial charge in [0.2, 0.25) is 5.91 Å². The summed E-state index contributed by atoms with van der Waals surface area (Å²) < 4.78 is 0. The molecule has 1 aromatic heterocycles. The average Bonchev–Trinajstić information content (AvgIpc) is 2.19. The zero-order valence-corrected chi connectivity index (χ0v) is 10.1. The first-order chi connectivity index (χ1) is 7.06. The van der Waals surface area contributed by atoms with Crippen molar-refractivity contribution in [1.82, 2.24) is 4.98 Å². The number of nitrogens with zero attached hydrogens (tertiary/aromatic N) is 1. The molecule has 4 nitrogen and oxygen atoms in total. The van der Waals surface area contributed by atoms with Gasteiger partial charge in [0.15, 0.2) is 5.78 Å². The predicted molar refractivity (Wildman–Crippen MR) is 61.4 cm³/mol. The topological polar surface area (TPSA) is 59.1 Å². The molecule has 0 aliphatic rings. The number of carbonyl (C=O) groups is 2. The number of hydrogen-bond donors (Lipinski definition) is 1. The van der Waals surface area contributed by atoms with Crippen LogP contribution in [0.3, 0.4) is 0 Å². The SMILES string of the molecule is CC(=O)Nc1nccc(C(=O)CBr)c1C. The molecule has 0 radical (unpaired) electrons. The molecular weight excluding hydrogens is 260 g/mol. The Morgan fingerprint density at radius 3 is 2.73 bits per heavy atom. The molecule has 0 spiro atoms. The highest BCUT2D eigenvalue weighted by molar-refractivity contribution is 9.09. The highest BCUT2D eigenvalue weighted by atomic mass is 79.9. The summed E-state index contributed by atoms with van der Waals surface area (Å²) in [5, 5.41) is 2.84. The van der Waals surface area contributed by atoms with Crippen molar-refractivity contribution in [2.24, 2.45) is 0 Å². The first-order valence-corrected chi connectivity index (χ1v) is 5.50. The number of halogens is 1. The second kappa shape index (κ2) is 5.02. The summed E-state index contributed by atoms with van der Waals surface area (Å²) in [5.74, 6) is 0.213. The lowest BCUT2D eigenvalue weighted by Crippen LogP contribution is -2.12. The summed E-state index contributed by atoms with van der Waals surface area (Å²) >= 11 is 3.10. The van der Waals surface area contributed by atoms with E-state index in [4.69, 9.17) is 0 Å². The van der Waals surface area contributed by atoms with Gasteiger partial charge in [-0.15, -0.1) is 0 Å². The van der Waals surface area contributed by atoms with Gasteiger partial charge in [0.1, 0.15) is 5.82 Å². The normalized spacial score (nSPS) is 9.80. The fourth-order valence-corrected chi connectivity index (χ4v) is 1.50. The third kappa shape index (κ3) is 2.86. The molecule has 0 aromatic carbocycles. The van der Waals surface area contributed by atoms with Gasteiger partial charge in [0, 0.05) is 24.2 Å². The number of alkyl halides is 1. The van der Waals surface area contributed by atoms with Crippen LogP contribution >= 0.6 is 15.9 Å². The molecule has 0 bridgehead atoms. The molecule has 0 aliphatic heterocycles. The van der Waals surface area contributed by atoms with Crippen molar-refractivity contribution in [2.45, 2.75) is 13.8 Å². The standard InChI is InChI=1S/C10H11BrN2O2/c1-6-8(9(15)5-11)3-4-12-10(6)13-7(2)14/h3-4H,5H2,1-2H3,(H,12,13,14). The molecule has 0 saturated heterocycles. The molecule has 0 unspecified atom stereocenters. The van der Waals surface area contributed by atoms with Crippen LogP contribution in [0, 0.1) is 6.92 Å². The lowest BCUT2D eigenvalue weighted by molar-refractivity contribution is -0.114. The highest BCUT2D eigenvalue weighted by Crippen LogP contribution is 2.16. The Morgan fingerprint density at radius 1 is 1.53 bits per heavy atom. The summed E-state index contributed by atoms with van der Waals surface area (Å²) in [6.45, 7) is 3.16. The number of pyridine rings is 1. The molecule has 1 rings (SSSR count). The quantitative estimate of drug-likeness (QED) is 0.675. The maximum absolute atomic E-state index is 11.5. The van der Waals surface area contributed by atoms with Crippen molar-refractivity contribution in [1.29, 1.82) is 0 Å². The van der Waals surface area contributed by atoms with E-state index in [2.05, 4.69) is 26.2 Å². The largest absolute Gasteiger partial charge is 0.311 e. The first kappa shape index (κ1) is 11.8. The van der Waals surface area contributed by atoms with E-state index < -0.39 is 0 Å². The molecule has 5 heteroatoms. The summed E-state index contributed by atoms with van der Waals surface area (Å²) in [7, 11) is 0. The molecule has 1 aromatic rings. The van der Waals surface area contributed by atoms with Gasteiger partial charge in [-0.25, -0.2) is 4.98 Å². The van der Waals surface area contributed by atoms with Crippen LogP contribution in [0.5, 0.6) is 0 Å². The fourth-order valence-electron chi connectivity index (χ4n) is 1.20. The van der Waals surface area contributed by atoms with Gasteiger partial charge in [0.05, 0.1) is 5.33 Å². The van der Waals surface area contributed by atoms with Gasteiger partial charge in [-0.1, -0.05) is 15.9 Å². The van der Waals surface area contributed by atoms with Crippen LogP contribution in [0.15, 0.2) is 12.3 Å². The van der Waals surface area contributed by atoms with E-state index in [0.29, 0.717) is 16.9 Å². The van der Waals surface area contributed by atoms with Gasteiger partial charge in [-0.05, 0) is 13.0 Å². The zero-order chi connectivity index (χ0) is 11.4. The maximum atomic E-state index is 11.5. The van der Waals surface area contributed by atoms with Crippen LogP contribution in [0.2, 0.25) is 0 Å². The van der Waals surface area contributed by atoms with Gasteiger partial charge in [-0.3, -0.25) is 9.59 Å². The Balaban J connectivity index is 3.11. The van der Waals surface area contributed by atoms with E-state index in [1.165, 1.54) is 13.1 Å². The van der Waals surface area contributed by atoms with Crippen LogP contribution in [0.4, 0.5) is 5.82 Å². The van der Waals surface area contributed by atoms with Gasteiger partial charge >= 0.3 is 0 Å². The van der Waals surface area contributed by atoms with E-state index in [1.54, 1.807) is 13.0 Å². The van der Waals surface area contributed by atoms with Crippen molar-refractivity contribution in [3.05, 3.63) is 23.4 Å². The summed E-state index contributed by atoms with van der Waals surface area (Å²) in [4.78, 5) is 26.4. The van der Waals surface area contributed by atoms with Gasteiger partial charge in [-0.2, -0.15) is 0 Å². The predicted octanol–water partition coefficient (Wildman–Crippen LogP) is 1.93. The second-order valence-electron chi connectivity index (χ2n) is 3.07. The molecule has 0 aliphatic carbocycles. The van der Waals surface area contributed by atoms with Crippen LogP contribution < -0.4 is 5.32 Å². The monoisotopic (exact) mass is 270 g/mol. The number of ketones is 1. The number of carbonyl (C=O) groups excluding carboxylic acids is 2.